The van der Waals surface area contributed by atoms with E-state index in [1.54, 1.807) is 6.07 Å². The van der Waals surface area contributed by atoms with E-state index in [0.717, 1.165) is 22.2 Å². The Balaban J connectivity index is 2.38. The maximum absolute atomic E-state index is 10.0. The fraction of sp³-hybridized carbons (Fsp3) is 0.133. The van der Waals surface area contributed by atoms with Crippen LogP contribution in [0.5, 0.6) is 5.75 Å². The normalized spacial score (nSPS) is 11.0. The molecule has 1 aromatic heterocycles. The fourth-order valence-corrected chi connectivity index (χ4v) is 2.35. The number of aromatic nitrogens is 2. The molecule has 2 aromatic carbocycles. The van der Waals surface area contributed by atoms with Crippen LogP contribution in [0.15, 0.2) is 42.5 Å². The number of fused-ring (bicyclic) bond motifs is 1. The van der Waals surface area contributed by atoms with Crippen LogP contribution in [0, 0.1) is 6.92 Å². The van der Waals surface area contributed by atoms with Crippen LogP contribution in [-0.2, 0) is 7.05 Å². The lowest BCUT2D eigenvalue weighted by molar-refractivity contribution is 0.482. The van der Waals surface area contributed by atoms with E-state index in [1.165, 1.54) is 5.56 Å². The predicted octanol–water partition coefficient (Wildman–Crippen LogP) is 3.25. The molecule has 0 amide bonds. The molecule has 0 bridgehead atoms. The molecule has 0 spiro atoms. The molecule has 1 N–H and O–H groups in total. The van der Waals surface area contributed by atoms with Crippen molar-refractivity contribution >= 4 is 10.9 Å². The SMILES string of the molecule is Cc1cccc(-c2c3c(O)cccc3nn2C)c1. The van der Waals surface area contributed by atoms with Gasteiger partial charge >= 0.3 is 0 Å². The minimum atomic E-state index is 0.275. The van der Waals surface area contributed by atoms with Gasteiger partial charge in [0.2, 0.25) is 0 Å². The van der Waals surface area contributed by atoms with Gasteiger partial charge in [-0.15, -0.1) is 0 Å². The summed E-state index contributed by atoms with van der Waals surface area (Å²) in [6, 6.07) is 13.6. The van der Waals surface area contributed by atoms with E-state index < -0.39 is 0 Å². The summed E-state index contributed by atoms with van der Waals surface area (Å²) in [5.41, 5.74) is 4.03. The van der Waals surface area contributed by atoms with Crippen molar-refractivity contribution in [2.24, 2.45) is 7.05 Å². The van der Waals surface area contributed by atoms with E-state index in [4.69, 9.17) is 0 Å². The summed E-state index contributed by atoms with van der Waals surface area (Å²) in [6.45, 7) is 2.06. The summed E-state index contributed by atoms with van der Waals surface area (Å²) in [7, 11) is 1.90. The molecule has 3 aromatic rings. The third-order valence-corrected chi connectivity index (χ3v) is 3.13. The Kier molecular flexibility index (Phi) is 2.33. The quantitative estimate of drug-likeness (QED) is 0.706. The van der Waals surface area contributed by atoms with Crippen LogP contribution in [0.25, 0.3) is 22.2 Å². The van der Waals surface area contributed by atoms with Gasteiger partial charge in [-0.3, -0.25) is 4.68 Å². The minimum Gasteiger partial charge on any atom is -0.507 e. The van der Waals surface area contributed by atoms with Crippen molar-refractivity contribution in [3.05, 3.63) is 48.0 Å². The molecule has 0 atom stereocenters. The lowest BCUT2D eigenvalue weighted by Gasteiger charge is -2.05. The Hall–Kier alpha value is -2.29. The number of aryl methyl sites for hydroxylation is 2. The zero-order valence-electron chi connectivity index (χ0n) is 10.4. The smallest absolute Gasteiger partial charge is 0.127 e. The van der Waals surface area contributed by atoms with Gasteiger partial charge in [-0.2, -0.15) is 5.10 Å². The lowest BCUT2D eigenvalue weighted by atomic mass is 10.0. The monoisotopic (exact) mass is 238 g/mol. The highest BCUT2D eigenvalue weighted by atomic mass is 16.3. The van der Waals surface area contributed by atoms with Crippen molar-refractivity contribution in [3.8, 4) is 17.0 Å². The standard InChI is InChI=1S/C15H14N2O/c1-10-5-3-6-11(9-10)15-14-12(16-17(15)2)7-4-8-13(14)18/h3-9,18H,1-2H3. The Morgan fingerprint density at radius 2 is 1.89 bits per heavy atom. The van der Waals surface area contributed by atoms with Crippen LogP contribution in [0.1, 0.15) is 5.56 Å². The number of hydrogen-bond donors (Lipinski definition) is 1. The first-order valence-electron chi connectivity index (χ1n) is 5.88. The summed E-state index contributed by atoms with van der Waals surface area (Å²) < 4.78 is 1.82. The number of hydrogen-bond acceptors (Lipinski definition) is 2. The number of rotatable bonds is 1. The van der Waals surface area contributed by atoms with Crippen molar-refractivity contribution in [3.63, 3.8) is 0 Å². The van der Waals surface area contributed by atoms with E-state index >= 15 is 0 Å². The largest absolute Gasteiger partial charge is 0.507 e. The molecular weight excluding hydrogens is 224 g/mol. The Morgan fingerprint density at radius 1 is 1.11 bits per heavy atom. The van der Waals surface area contributed by atoms with Crippen molar-refractivity contribution < 1.29 is 5.11 Å². The average molecular weight is 238 g/mol. The molecule has 0 saturated carbocycles. The number of nitrogens with zero attached hydrogens (tertiary/aromatic N) is 2. The zero-order valence-corrected chi connectivity index (χ0v) is 10.4. The van der Waals surface area contributed by atoms with Crippen molar-refractivity contribution in [2.75, 3.05) is 0 Å². The first-order chi connectivity index (χ1) is 8.66. The molecule has 3 heteroatoms. The van der Waals surface area contributed by atoms with Crippen molar-refractivity contribution in [1.82, 2.24) is 9.78 Å². The second-order valence-electron chi connectivity index (χ2n) is 4.51. The van der Waals surface area contributed by atoms with Crippen LogP contribution in [0.2, 0.25) is 0 Å². The summed E-state index contributed by atoms with van der Waals surface area (Å²) in [5.74, 6) is 0.275. The summed E-state index contributed by atoms with van der Waals surface area (Å²) in [5, 5.41) is 15.3. The Morgan fingerprint density at radius 3 is 2.67 bits per heavy atom. The highest BCUT2D eigenvalue weighted by Crippen LogP contribution is 2.34. The molecule has 0 radical (unpaired) electrons. The lowest BCUT2D eigenvalue weighted by Crippen LogP contribution is -1.93. The van der Waals surface area contributed by atoms with Gasteiger partial charge in [-0.1, -0.05) is 29.8 Å². The molecule has 3 rings (SSSR count). The van der Waals surface area contributed by atoms with Crippen LogP contribution >= 0.6 is 0 Å². The van der Waals surface area contributed by atoms with E-state index in [-0.39, 0.29) is 5.75 Å². The maximum atomic E-state index is 10.0. The van der Waals surface area contributed by atoms with Gasteiger partial charge in [0.15, 0.2) is 0 Å². The summed E-state index contributed by atoms with van der Waals surface area (Å²) >= 11 is 0. The molecule has 0 unspecified atom stereocenters. The molecule has 90 valence electrons. The zero-order chi connectivity index (χ0) is 12.7. The maximum Gasteiger partial charge on any atom is 0.127 e. The fourth-order valence-electron chi connectivity index (χ4n) is 2.35. The van der Waals surface area contributed by atoms with Crippen LogP contribution in [0.4, 0.5) is 0 Å². The number of aromatic hydroxyl groups is 1. The van der Waals surface area contributed by atoms with Gasteiger partial charge in [-0.25, -0.2) is 0 Å². The first kappa shape index (κ1) is 10.8. The van der Waals surface area contributed by atoms with Gasteiger partial charge < -0.3 is 5.11 Å². The molecule has 0 saturated heterocycles. The Bertz CT molecular complexity index is 728. The van der Waals surface area contributed by atoms with Gasteiger partial charge in [0, 0.05) is 12.6 Å². The molecule has 0 aliphatic carbocycles. The number of phenolic OH excluding ortho intramolecular Hbond substituents is 1. The molecule has 3 nitrogen and oxygen atoms in total. The third-order valence-electron chi connectivity index (χ3n) is 3.13. The van der Waals surface area contributed by atoms with E-state index in [1.807, 2.05) is 36.0 Å². The van der Waals surface area contributed by atoms with Crippen molar-refractivity contribution in [1.29, 1.82) is 0 Å². The molecule has 0 aliphatic heterocycles. The second-order valence-corrected chi connectivity index (χ2v) is 4.51. The van der Waals surface area contributed by atoms with E-state index in [0.29, 0.717) is 0 Å². The van der Waals surface area contributed by atoms with E-state index in [9.17, 15) is 5.11 Å². The first-order valence-corrected chi connectivity index (χ1v) is 5.88. The highest BCUT2D eigenvalue weighted by molar-refractivity contribution is 5.97. The Labute approximate surface area is 105 Å². The van der Waals surface area contributed by atoms with Crippen LogP contribution < -0.4 is 0 Å². The van der Waals surface area contributed by atoms with Gasteiger partial charge in [0.25, 0.3) is 0 Å². The molecule has 0 fully saturated rings. The number of benzene rings is 2. The summed E-state index contributed by atoms with van der Waals surface area (Å²) in [6.07, 6.45) is 0. The van der Waals surface area contributed by atoms with Gasteiger partial charge in [-0.05, 0) is 25.1 Å². The van der Waals surface area contributed by atoms with Crippen molar-refractivity contribution in [2.45, 2.75) is 6.92 Å². The average Bonchev–Trinajstić information content (AvgIpc) is 2.67. The highest BCUT2D eigenvalue weighted by Gasteiger charge is 2.14. The third kappa shape index (κ3) is 1.56. The van der Waals surface area contributed by atoms with Gasteiger partial charge in [0.1, 0.15) is 5.75 Å². The molecular formula is C15H14N2O. The number of phenols is 1. The predicted molar refractivity (Wildman–Crippen MR) is 72.6 cm³/mol. The minimum absolute atomic E-state index is 0.275. The van der Waals surface area contributed by atoms with E-state index in [2.05, 4.69) is 24.2 Å². The molecule has 0 aliphatic rings. The molecule has 1 heterocycles. The topological polar surface area (TPSA) is 38.1 Å². The second kappa shape index (κ2) is 3.88. The van der Waals surface area contributed by atoms with Crippen LogP contribution in [0.3, 0.4) is 0 Å². The van der Waals surface area contributed by atoms with Gasteiger partial charge in [0.05, 0.1) is 16.6 Å². The van der Waals surface area contributed by atoms with Crippen LogP contribution in [-0.4, -0.2) is 14.9 Å². The molecule has 18 heavy (non-hydrogen) atoms. The summed E-state index contributed by atoms with van der Waals surface area (Å²) in [4.78, 5) is 0.